The van der Waals surface area contributed by atoms with Gasteiger partial charge in [0.15, 0.2) is 0 Å². The molecule has 0 spiro atoms. The Morgan fingerprint density at radius 1 is 1.00 bits per heavy atom. The summed E-state index contributed by atoms with van der Waals surface area (Å²) >= 11 is 3.52. The summed E-state index contributed by atoms with van der Waals surface area (Å²) in [6.07, 6.45) is 2.10. The zero-order valence-electron chi connectivity index (χ0n) is 9.38. The predicted octanol–water partition coefficient (Wildman–Crippen LogP) is 4.69. The first kappa shape index (κ1) is 10.8. The van der Waals surface area contributed by atoms with Crippen molar-refractivity contribution < 1.29 is 0 Å². The monoisotopic (exact) mass is 257 g/mol. The molecule has 17 heavy (non-hydrogen) atoms. The maximum atomic E-state index is 4.70. The van der Waals surface area contributed by atoms with Crippen molar-refractivity contribution in [1.82, 2.24) is 4.98 Å². The normalized spacial score (nSPS) is 10.9. The van der Waals surface area contributed by atoms with Crippen LogP contribution in [0.3, 0.4) is 0 Å². The molecular weight excluding hydrogens is 246 g/mol. The van der Waals surface area contributed by atoms with Crippen molar-refractivity contribution in [3.05, 3.63) is 48.5 Å². The number of nitrogens with zero attached hydrogens (tertiary/aromatic N) is 1. The van der Waals surface area contributed by atoms with Crippen molar-refractivity contribution in [2.75, 3.05) is 6.26 Å². The van der Waals surface area contributed by atoms with Gasteiger partial charge in [-0.25, -0.2) is 4.98 Å². The molecule has 3 aromatic rings. The van der Waals surface area contributed by atoms with E-state index in [1.54, 1.807) is 23.1 Å². The average Bonchev–Trinajstić information content (AvgIpc) is 2.82. The van der Waals surface area contributed by atoms with E-state index in [2.05, 4.69) is 48.7 Å². The van der Waals surface area contributed by atoms with Crippen molar-refractivity contribution >= 4 is 33.3 Å². The van der Waals surface area contributed by atoms with E-state index in [9.17, 15) is 0 Å². The molecule has 84 valence electrons. The zero-order chi connectivity index (χ0) is 11.7. The first-order chi connectivity index (χ1) is 8.38. The number of hydrogen-bond donors (Lipinski definition) is 0. The van der Waals surface area contributed by atoms with Crippen LogP contribution in [0.2, 0.25) is 0 Å². The Kier molecular flexibility index (Phi) is 2.87. The Balaban J connectivity index is 2.20. The van der Waals surface area contributed by atoms with Crippen molar-refractivity contribution in [3.63, 3.8) is 0 Å². The molecule has 3 heteroatoms. The zero-order valence-corrected chi connectivity index (χ0v) is 11.0. The minimum absolute atomic E-state index is 1.09. The Bertz CT molecular complexity index is 625. The van der Waals surface area contributed by atoms with Gasteiger partial charge in [-0.15, -0.1) is 23.1 Å². The fourth-order valence-electron chi connectivity index (χ4n) is 1.81. The van der Waals surface area contributed by atoms with Crippen LogP contribution in [-0.2, 0) is 0 Å². The van der Waals surface area contributed by atoms with Gasteiger partial charge in [0.05, 0.1) is 10.2 Å². The minimum Gasteiger partial charge on any atom is -0.236 e. The van der Waals surface area contributed by atoms with Crippen LogP contribution in [0.1, 0.15) is 0 Å². The fraction of sp³-hybridized carbons (Fsp3) is 0.0714. The second-order valence-electron chi connectivity index (χ2n) is 3.69. The number of hydrogen-bond acceptors (Lipinski definition) is 3. The number of benzene rings is 2. The predicted molar refractivity (Wildman–Crippen MR) is 76.8 cm³/mol. The van der Waals surface area contributed by atoms with Gasteiger partial charge in [-0.2, -0.15) is 0 Å². The van der Waals surface area contributed by atoms with Crippen molar-refractivity contribution in [1.29, 1.82) is 0 Å². The van der Waals surface area contributed by atoms with E-state index < -0.39 is 0 Å². The van der Waals surface area contributed by atoms with Crippen LogP contribution < -0.4 is 0 Å². The summed E-state index contributed by atoms with van der Waals surface area (Å²) in [6, 6.07) is 16.7. The lowest BCUT2D eigenvalue weighted by Crippen LogP contribution is -1.79. The molecule has 1 aromatic heterocycles. The Morgan fingerprint density at radius 3 is 2.59 bits per heavy atom. The molecule has 0 unspecified atom stereocenters. The van der Waals surface area contributed by atoms with E-state index in [4.69, 9.17) is 4.98 Å². The molecule has 0 N–H and O–H groups in total. The average molecular weight is 257 g/mol. The molecule has 0 radical (unpaired) electrons. The van der Waals surface area contributed by atoms with Crippen molar-refractivity contribution in [2.45, 2.75) is 4.90 Å². The van der Waals surface area contributed by atoms with Crippen LogP contribution >= 0.6 is 23.1 Å². The van der Waals surface area contributed by atoms with Crippen molar-refractivity contribution in [2.24, 2.45) is 0 Å². The van der Waals surface area contributed by atoms with E-state index in [0.29, 0.717) is 0 Å². The molecule has 3 rings (SSSR count). The highest BCUT2D eigenvalue weighted by molar-refractivity contribution is 7.98. The number of fused-ring (bicyclic) bond motifs is 1. The van der Waals surface area contributed by atoms with E-state index in [-0.39, 0.29) is 0 Å². The molecule has 0 atom stereocenters. The highest BCUT2D eigenvalue weighted by Crippen LogP contribution is 2.35. The van der Waals surface area contributed by atoms with Gasteiger partial charge in [0.1, 0.15) is 5.01 Å². The molecule has 0 aliphatic rings. The van der Waals surface area contributed by atoms with E-state index in [0.717, 1.165) is 10.5 Å². The van der Waals surface area contributed by atoms with Crippen LogP contribution in [-0.4, -0.2) is 11.2 Å². The minimum atomic E-state index is 1.09. The molecule has 0 amide bonds. The molecule has 0 aliphatic heterocycles. The number of thiazole rings is 1. The third kappa shape index (κ3) is 1.96. The molecule has 0 saturated heterocycles. The van der Waals surface area contributed by atoms with Gasteiger partial charge in [-0.05, 0) is 24.5 Å². The first-order valence-corrected chi connectivity index (χ1v) is 7.41. The number of para-hydroxylation sites is 1. The molecule has 2 aromatic carbocycles. The summed E-state index contributed by atoms with van der Waals surface area (Å²) in [6.45, 7) is 0. The van der Waals surface area contributed by atoms with Gasteiger partial charge in [0, 0.05) is 10.5 Å². The van der Waals surface area contributed by atoms with Gasteiger partial charge < -0.3 is 0 Å². The lowest BCUT2D eigenvalue weighted by atomic mass is 10.2. The van der Waals surface area contributed by atoms with Gasteiger partial charge in [-0.1, -0.05) is 30.3 Å². The largest absolute Gasteiger partial charge is 0.236 e. The highest BCUT2D eigenvalue weighted by Gasteiger charge is 2.08. The quantitative estimate of drug-likeness (QED) is 0.618. The summed E-state index contributed by atoms with van der Waals surface area (Å²) in [7, 11) is 0. The third-order valence-corrected chi connectivity index (χ3v) is 4.50. The second kappa shape index (κ2) is 4.51. The van der Waals surface area contributed by atoms with E-state index in [1.165, 1.54) is 15.2 Å². The maximum absolute atomic E-state index is 4.70. The fourth-order valence-corrected chi connectivity index (χ4v) is 3.48. The van der Waals surface area contributed by atoms with Gasteiger partial charge >= 0.3 is 0 Å². The highest BCUT2D eigenvalue weighted by atomic mass is 32.2. The van der Waals surface area contributed by atoms with Crippen LogP contribution in [0, 0.1) is 0 Å². The van der Waals surface area contributed by atoms with Gasteiger partial charge in [0.2, 0.25) is 0 Å². The Labute approximate surface area is 109 Å². The van der Waals surface area contributed by atoms with Crippen molar-refractivity contribution in [3.8, 4) is 10.6 Å². The second-order valence-corrected chi connectivity index (χ2v) is 5.57. The third-order valence-electron chi connectivity index (χ3n) is 2.63. The summed E-state index contributed by atoms with van der Waals surface area (Å²) in [5, 5.41) is 1.11. The smallest absolute Gasteiger partial charge is 0.125 e. The molecule has 0 bridgehead atoms. The Morgan fingerprint density at radius 2 is 1.76 bits per heavy atom. The molecular formula is C14H11NS2. The maximum Gasteiger partial charge on any atom is 0.125 e. The Hall–Kier alpha value is -1.32. The summed E-state index contributed by atoms with van der Waals surface area (Å²) in [5.74, 6) is 0. The number of aromatic nitrogens is 1. The standard InChI is InChI=1S/C14H11NS2/c1-16-12-8-4-2-6-10(12)14-15-11-7-3-5-9-13(11)17-14/h2-9H,1H3. The van der Waals surface area contributed by atoms with E-state index in [1.807, 2.05) is 6.07 Å². The van der Waals surface area contributed by atoms with Crippen LogP contribution in [0.15, 0.2) is 53.4 Å². The topological polar surface area (TPSA) is 12.9 Å². The van der Waals surface area contributed by atoms with Crippen LogP contribution in [0.5, 0.6) is 0 Å². The summed E-state index contributed by atoms with van der Waals surface area (Å²) < 4.78 is 1.25. The molecule has 1 heterocycles. The van der Waals surface area contributed by atoms with E-state index >= 15 is 0 Å². The lowest BCUT2D eigenvalue weighted by molar-refractivity contribution is 1.40. The van der Waals surface area contributed by atoms with Gasteiger partial charge in [-0.3, -0.25) is 0 Å². The summed E-state index contributed by atoms with van der Waals surface area (Å²) in [4.78, 5) is 5.98. The van der Waals surface area contributed by atoms with Crippen LogP contribution in [0.25, 0.3) is 20.8 Å². The molecule has 0 fully saturated rings. The molecule has 0 aliphatic carbocycles. The molecule has 0 saturated carbocycles. The molecule has 1 nitrogen and oxygen atoms in total. The lowest BCUT2D eigenvalue weighted by Gasteiger charge is -2.02. The number of rotatable bonds is 2. The summed E-state index contributed by atoms with van der Waals surface area (Å²) in [5.41, 5.74) is 2.32. The van der Waals surface area contributed by atoms with Gasteiger partial charge in [0.25, 0.3) is 0 Å². The number of thioether (sulfide) groups is 1. The SMILES string of the molecule is CSc1ccccc1-c1nc2ccccc2s1. The van der Waals surface area contributed by atoms with Crippen LogP contribution in [0.4, 0.5) is 0 Å². The first-order valence-electron chi connectivity index (χ1n) is 5.37.